The summed E-state index contributed by atoms with van der Waals surface area (Å²) in [5.74, 6) is 2.96. The number of hydrogen-bond acceptors (Lipinski definition) is 6. The van der Waals surface area contributed by atoms with Gasteiger partial charge >= 0.3 is 0 Å². The molecule has 8 heteroatoms. The van der Waals surface area contributed by atoms with Crippen molar-refractivity contribution in [2.75, 3.05) is 32.1 Å². The van der Waals surface area contributed by atoms with Gasteiger partial charge in [0.2, 0.25) is 5.91 Å². The summed E-state index contributed by atoms with van der Waals surface area (Å²) in [6, 6.07) is 8.21. The van der Waals surface area contributed by atoms with Crippen LogP contribution in [0.3, 0.4) is 0 Å². The standard InChI is InChI=1S/C23H34N4O3S/c1-16(2)14-27-22(18(5)30-20-8-6-19(7-9-20)17(3)4)24-25-23(27)31-15-21(28)26-10-12-29-13-11-26/h6-9,16-18H,10-15H2,1-5H3. The van der Waals surface area contributed by atoms with Crippen molar-refractivity contribution in [1.29, 1.82) is 0 Å². The first-order valence-corrected chi connectivity index (χ1v) is 12.0. The van der Waals surface area contributed by atoms with Crippen molar-refractivity contribution in [2.45, 2.75) is 58.3 Å². The molecular weight excluding hydrogens is 412 g/mol. The Morgan fingerprint density at radius 3 is 2.39 bits per heavy atom. The molecule has 1 atom stereocenters. The second-order valence-electron chi connectivity index (χ2n) is 8.61. The van der Waals surface area contributed by atoms with Crippen LogP contribution in [0.5, 0.6) is 5.75 Å². The van der Waals surface area contributed by atoms with Crippen LogP contribution in [0.25, 0.3) is 0 Å². The molecule has 1 aliphatic heterocycles. The fourth-order valence-corrected chi connectivity index (χ4v) is 4.32. The number of carbonyl (C=O) groups excluding carboxylic acids is 1. The van der Waals surface area contributed by atoms with Crippen LogP contribution in [0.15, 0.2) is 29.4 Å². The number of benzene rings is 1. The molecule has 1 fully saturated rings. The Balaban J connectivity index is 1.69. The summed E-state index contributed by atoms with van der Waals surface area (Å²) in [5, 5.41) is 9.57. The number of thioether (sulfide) groups is 1. The number of rotatable bonds is 9. The molecule has 2 aromatic rings. The second-order valence-corrected chi connectivity index (χ2v) is 9.55. The number of ether oxygens (including phenoxy) is 2. The Kier molecular flexibility index (Phi) is 8.37. The molecule has 0 saturated carbocycles. The van der Waals surface area contributed by atoms with Crippen LogP contribution in [-0.4, -0.2) is 57.6 Å². The zero-order valence-corrected chi connectivity index (χ0v) is 20.0. The van der Waals surface area contributed by atoms with Gasteiger partial charge < -0.3 is 18.9 Å². The molecule has 0 spiro atoms. The summed E-state index contributed by atoms with van der Waals surface area (Å²) in [7, 11) is 0. The Morgan fingerprint density at radius 1 is 1.10 bits per heavy atom. The summed E-state index contributed by atoms with van der Waals surface area (Å²) in [6.45, 7) is 14.0. The third-order valence-corrected chi connectivity index (χ3v) is 6.16. The van der Waals surface area contributed by atoms with E-state index in [2.05, 4.69) is 54.6 Å². The van der Waals surface area contributed by atoms with E-state index in [4.69, 9.17) is 9.47 Å². The average molecular weight is 447 g/mol. The normalized spacial score (nSPS) is 15.5. The lowest BCUT2D eigenvalue weighted by Crippen LogP contribution is -2.41. The Morgan fingerprint density at radius 2 is 1.77 bits per heavy atom. The van der Waals surface area contributed by atoms with E-state index in [0.29, 0.717) is 43.9 Å². The van der Waals surface area contributed by atoms with Crippen LogP contribution in [0.2, 0.25) is 0 Å². The predicted octanol–water partition coefficient (Wildman–Crippen LogP) is 4.15. The molecule has 1 saturated heterocycles. The van der Waals surface area contributed by atoms with Crippen LogP contribution in [-0.2, 0) is 16.1 Å². The topological polar surface area (TPSA) is 69.5 Å². The molecule has 1 aromatic carbocycles. The summed E-state index contributed by atoms with van der Waals surface area (Å²) in [4.78, 5) is 14.4. The maximum atomic E-state index is 12.5. The molecule has 2 heterocycles. The second kappa shape index (κ2) is 11.0. The quantitative estimate of drug-likeness (QED) is 0.539. The number of carbonyl (C=O) groups is 1. The molecule has 1 unspecified atom stereocenters. The minimum absolute atomic E-state index is 0.114. The molecule has 1 aliphatic rings. The Hall–Kier alpha value is -2.06. The fraction of sp³-hybridized carbons (Fsp3) is 0.609. The molecule has 7 nitrogen and oxygen atoms in total. The maximum absolute atomic E-state index is 12.5. The van der Waals surface area contributed by atoms with Crippen molar-refractivity contribution in [2.24, 2.45) is 5.92 Å². The van der Waals surface area contributed by atoms with Crippen molar-refractivity contribution in [1.82, 2.24) is 19.7 Å². The molecule has 31 heavy (non-hydrogen) atoms. The monoisotopic (exact) mass is 446 g/mol. The first kappa shape index (κ1) is 23.6. The highest BCUT2D eigenvalue weighted by Crippen LogP contribution is 2.27. The lowest BCUT2D eigenvalue weighted by molar-refractivity contribution is -0.132. The van der Waals surface area contributed by atoms with Crippen molar-refractivity contribution < 1.29 is 14.3 Å². The van der Waals surface area contributed by atoms with E-state index in [1.54, 1.807) is 0 Å². The molecule has 0 aliphatic carbocycles. The highest BCUT2D eigenvalue weighted by atomic mass is 32.2. The van der Waals surface area contributed by atoms with Crippen LogP contribution in [0.1, 0.15) is 58.0 Å². The summed E-state index contributed by atoms with van der Waals surface area (Å²) >= 11 is 1.44. The summed E-state index contributed by atoms with van der Waals surface area (Å²) < 4.78 is 13.6. The minimum atomic E-state index is -0.250. The van der Waals surface area contributed by atoms with Gasteiger partial charge in [-0.15, -0.1) is 10.2 Å². The molecule has 170 valence electrons. The van der Waals surface area contributed by atoms with Crippen LogP contribution in [0.4, 0.5) is 0 Å². The summed E-state index contributed by atoms with van der Waals surface area (Å²) in [5.41, 5.74) is 1.28. The minimum Gasteiger partial charge on any atom is -0.483 e. The average Bonchev–Trinajstić information content (AvgIpc) is 3.14. The highest BCUT2D eigenvalue weighted by molar-refractivity contribution is 7.99. The van der Waals surface area contributed by atoms with Crippen molar-refractivity contribution in [3.8, 4) is 5.75 Å². The van der Waals surface area contributed by atoms with E-state index in [-0.39, 0.29) is 12.0 Å². The Bertz CT molecular complexity index is 845. The van der Waals surface area contributed by atoms with Crippen LogP contribution in [0, 0.1) is 5.92 Å². The molecular formula is C23H34N4O3S. The van der Waals surface area contributed by atoms with Gasteiger partial charge in [0, 0.05) is 19.6 Å². The number of nitrogens with zero attached hydrogens (tertiary/aromatic N) is 4. The first-order chi connectivity index (χ1) is 14.8. The van der Waals surface area contributed by atoms with Crippen LogP contribution >= 0.6 is 11.8 Å². The van der Waals surface area contributed by atoms with Gasteiger partial charge in [-0.3, -0.25) is 4.79 Å². The number of morpholine rings is 1. The summed E-state index contributed by atoms with van der Waals surface area (Å²) in [6.07, 6.45) is -0.250. The van der Waals surface area contributed by atoms with Crippen LogP contribution < -0.4 is 4.74 Å². The van der Waals surface area contributed by atoms with Crippen molar-refractivity contribution in [3.63, 3.8) is 0 Å². The van der Waals surface area contributed by atoms with Gasteiger partial charge in [-0.2, -0.15) is 0 Å². The van der Waals surface area contributed by atoms with Gasteiger partial charge in [0.05, 0.1) is 19.0 Å². The third-order valence-electron chi connectivity index (χ3n) is 5.20. The van der Waals surface area contributed by atoms with Gasteiger partial charge in [0.25, 0.3) is 0 Å². The number of aromatic nitrogens is 3. The molecule has 0 bridgehead atoms. The van der Waals surface area contributed by atoms with E-state index >= 15 is 0 Å². The number of amides is 1. The molecule has 1 amide bonds. The van der Waals surface area contributed by atoms with Gasteiger partial charge in [-0.1, -0.05) is 51.6 Å². The van der Waals surface area contributed by atoms with Crippen molar-refractivity contribution in [3.05, 3.63) is 35.7 Å². The molecule has 3 rings (SSSR count). The van der Waals surface area contributed by atoms with E-state index in [9.17, 15) is 4.79 Å². The van der Waals surface area contributed by atoms with E-state index < -0.39 is 0 Å². The van der Waals surface area contributed by atoms with E-state index in [0.717, 1.165) is 23.3 Å². The number of hydrogen-bond donors (Lipinski definition) is 0. The van der Waals surface area contributed by atoms with Gasteiger partial charge in [-0.25, -0.2) is 0 Å². The van der Waals surface area contributed by atoms with Gasteiger partial charge in [-0.05, 0) is 36.5 Å². The van der Waals surface area contributed by atoms with Gasteiger partial charge in [0.15, 0.2) is 17.1 Å². The lowest BCUT2D eigenvalue weighted by Gasteiger charge is -2.26. The molecule has 0 N–H and O–H groups in total. The largest absolute Gasteiger partial charge is 0.483 e. The SMILES string of the molecule is CC(C)Cn1c(SCC(=O)N2CCOCC2)nnc1C(C)Oc1ccc(C(C)C)cc1. The zero-order valence-electron chi connectivity index (χ0n) is 19.2. The Labute approximate surface area is 189 Å². The smallest absolute Gasteiger partial charge is 0.233 e. The highest BCUT2D eigenvalue weighted by Gasteiger charge is 2.23. The first-order valence-electron chi connectivity index (χ1n) is 11.0. The predicted molar refractivity (Wildman–Crippen MR) is 123 cm³/mol. The van der Waals surface area contributed by atoms with E-state index in [1.807, 2.05) is 24.0 Å². The lowest BCUT2D eigenvalue weighted by atomic mass is 10.0. The zero-order chi connectivity index (χ0) is 22.4. The molecule has 0 radical (unpaired) electrons. The third kappa shape index (κ3) is 6.46. The fourth-order valence-electron chi connectivity index (χ4n) is 3.46. The maximum Gasteiger partial charge on any atom is 0.233 e. The van der Waals surface area contributed by atoms with Gasteiger partial charge in [0.1, 0.15) is 5.75 Å². The van der Waals surface area contributed by atoms with Crippen molar-refractivity contribution >= 4 is 17.7 Å². The van der Waals surface area contributed by atoms with E-state index in [1.165, 1.54) is 17.3 Å². The molecule has 1 aromatic heterocycles.